The van der Waals surface area contributed by atoms with Crippen molar-refractivity contribution in [1.82, 2.24) is 5.32 Å². The molecule has 1 saturated carbocycles. The first-order chi connectivity index (χ1) is 9.61. The second kappa shape index (κ2) is 5.74. The minimum atomic E-state index is 0.314. The van der Waals surface area contributed by atoms with Crippen molar-refractivity contribution in [1.29, 1.82) is 0 Å². The third kappa shape index (κ3) is 3.33. The molecule has 2 fully saturated rings. The molecule has 2 atom stereocenters. The molecular formula is C17H26N2O. The minimum absolute atomic E-state index is 0.314. The van der Waals surface area contributed by atoms with Crippen molar-refractivity contribution in [3.8, 4) is 0 Å². The van der Waals surface area contributed by atoms with Crippen LogP contribution in [0.4, 0.5) is 5.69 Å². The van der Waals surface area contributed by atoms with Gasteiger partial charge >= 0.3 is 0 Å². The number of benzene rings is 1. The molecule has 1 aromatic rings. The van der Waals surface area contributed by atoms with Gasteiger partial charge in [-0.25, -0.2) is 0 Å². The van der Waals surface area contributed by atoms with Crippen molar-refractivity contribution in [2.24, 2.45) is 0 Å². The highest BCUT2D eigenvalue weighted by molar-refractivity contribution is 5.55. The highest BCUT2D eigenvalue weighted by atomic mass is 16.5. The van der Waals surface area contributed by atoms with E-state index in [4.69, 9.17) is 4.74 Å². The molecule has 110 valence electrons. The lowest BCUT2D eigenvalue weighted by Gasteiger charge is -2.37. The Bertz CT molecular complexity index is 460. The van der Waals surface area contributed by atoms with E-state index in [1.165, 1.54) is 29.7 Å². The normalized spacial score (nSPS) is 26.9. The van der Waals surface area contributed by atoms with Crippen molar-refractivity contribution in [3.05, 3.63) is 29.3 Å². The van der Waals surface area contributed by atoms with Gasteiger partial charge in [0, 0.05) is 31.4 Å². The van der Waals surface area contributed by atoms with Crippen LogP contribution in [0.15, 0.2) is 18.2 Å². The standard InChI is InChI=1S/C17H26N2O/c1-12-8-15(9-18-16-5-6-16)4-7-17(12)19-10-13(2)20-14(3)11-19/h4,7-8,13-14,16,18H,5-6,9-11H2,1-3H3. The summed E-state index contributed by atoms with van der Waals surface area (Å²) in [5.74, 6) is 0. The van der Waals surface area contributed by atoms with Crippen molar-refractivity contribution >= 4 is 5.69 Å². The largest absolute Gasteiger partial charge is 0.372 e. The van der Waals surface area contributed by atoms with Crippen molar-refractivity contribution < 1.29 is 4.74 Å². The number of hydrogen-bond donors (Lipinski definition) is 1. The lowest BCUT2D eigenvalue weighted by atomic mass is 10.1. The molecule has 0 spiro atoms. The van der Waals surface area contributed by atoms with E-state index in [2.05, 4.69) is 49.2 Å². The second-order valence-corrected chi connectivity index (χ2v) is 6.44. The minimum Gasteiger partial charge on any atom is -0.372 e. The summed E-state index contributed by atoms with van der Waals surface area (Å²) in [5, 5.41) is 3.58. The van der Waals surface area contributed by atoms with E-state index >= 15 is 0 Å². The van der Waals surface area contributed by atoms with Gasteiger partial charge in [-0.2, -0.15) is 0 Å². The second-order valence-electron chi connectivity index (χ2n) is 6.44. The smallest absolute Gasteiger partial charge is 0.0726 e. The highest BCUT2D eigenvalue weighted by Gasteiger charge is 2.23. The van der Waals surface area contributed by atoms with Gasteiger partial charge in [-0.1, -0.05) is 12.1 Å². The molecule has 1 N–H and O–H groups in total. The molecule has 2 unspecified atom stereocenters. The zero-order chi connectivity index (χ0) is 14.1. The number of morpholine rings is 1. The summed E-state index contributed by atoms with van der Waals surface area (Å²) in [5.41, 5.74) is 4.14. The summed E-state index contributed by atoms with van der Waals surface area (Å²) in [4.78, 5) is 2.46. The Morgan fingerprint density at radius 2 is 1.90 bits per heavy atom. The lowest BCUT2D eigenvalue weighted by molar-refractivity contribution is -0.00524. The van der Waals surface area contributed by atoms with E-state index in [0.717, 1.165) is 25.7 Å². The highest BCUT2D eigenvalue weighted by Crippen LogP contribution is 2.25. The van der Waals surface area contributed by atoms with E-state index < -0.39 is 0 Å². The maximum Gasteiger partial charge on any atom is 0.0726 e. The van der Waals surface area contributed by atoms with E-state index in [1.54, 1.807) is 0 Å². The van der Waals surface area contributed by atoms with Gasteiger partial charge in [0.2, 0.25) is 0 Å². The van der Waals surface area contributed by atoms with Crippen LogP contribution in [0, 0.1) is 6.92 Å². The average Bonchev–Trinajstić information content (AvgIpc) is 3.19. The summed E-state index contributed by atoms with van der Waals surface area (Å²) < 4.78 is 5.82. The van der Waals surface area contributed by atoms with Crippen molar-refractivity contribution in [3.63, 3.8) is 0 Å². The van der Waals surface area contributed by atoms with Crippen molar-refractivity contribution in [2.45, 2.75) is 58.4 Å². The molecule has 0 radical (unpaired) electrons. The number of nitrogens with one attached hydrogen (secondary N) is 1. The van der Waals surface area contributed by atoms with Crippen LogP contribution >= 0.6 is 0 Å². The van der Waals surface area contributed by atoms with E-state index in [-0.39, 0.29) is 0 Å². The Kier molecular flexibility index (Phi) is 3.99. The summed E-state index contributed by atoms with van der Waals surface area (Å²) in [7, 11) is 0. The third-order valence-corrected chi connectivity index (χ3v) is 4.19. The summed E-state index contributed by atoms with van der Waals surface area (Å²) in [6.45, 7) is 9.52. The number of hydrogen-bond acceptors (Lipinski definition) is 3. The first-order valence-electron chi connectivity index (χ1n) is 7.85. The molecule has 1 aliphatic heterocycles. The molecule has 0 bridgehead atoms. The molecule has 20 heavy (non-hydrogen) atoms. The number of aryl methyl sites for hydroxylation is 1. The monoisotopic (exact) mass is 274 g/mol. The molecule has 2 aliphatic rings. The Balaban J connectivity index is 1.69. The zero-order valence-electron chi connectivity index (χ0n) is 12.9. The molecular weight excluding hydrogens is 248 g/mol. The van der Waals surface area contributed by atoms with Crippen LogP contribution < -0.4 is 10.2 Å². The molecule has 1 saturated heterocycles. The Morgan fingerprint density at radius 1 is 1.20 bits per heavy atom. The molecule has 3 nitrogen and oxygen atoms in total. The van der Waals surface area contributed by atoms with Gasteiger partial charge in [-0.15, -0.1) is 0 Å². The van der Waals surface area contributed by atoms with Gasteiger partial charge < -0.3 is 15.0 Å². The van der Waals surface area contributed by atoms with Gasteiger partial charge in [-0.05, 0) is 50.8 Å². The predicted octanol–water partition coefficient (Wildman–Crippen LogP) is 2.86. The van der Waals surface area contributed by atoms with Gasteiger partial charge in [-0.3, -0.25) is 0 Å². The molecule has 1 heterocycles. The predicted molar refractivity (Wildman–Crippen MR) is 83.3 cm³/mol. The average molecular weight is 274 g/mol. The topological polar surface area (TPSA) is 24.5 Å². The molecule has 1 aromatic carbocycles. The molecule has 0 amide bonds. The van der Waals surface area contributed by atoms with E-state index in [0.29, 0.717) is 12.2 Å². The number of ether oxygens (including phenoxy) is 1. The van der Waals surface area contributed by atoms with Crippen LogP contribution in [0.25, 0.3) is 0 Å². The molecule has 3 rings (SSSR count). The van der Waals surface area contributed by atoms with Crippen LogP contribution in [0.2, 0.25) is 0 Å². The van der Waals surface area contributed by atoms with Gasteiger partial charge in [0.25, 0.3) is 0 Å². The van der Waals surface area contributed by atoms with Crippen LogP contribution in [0.3, 0.4) is 0 Å². The quantitative estimate of drug-likeness (QED) is 0.913. The number of nitrogens with zero attached hydrogens (tertiary/aromatic N) is 1. The number of rotatable bonds is 4. The first-order valence-corrected chi connectivity index (χ1v) is 7.85. The fourth-order valence-corrected chi connectivity index (χ4v) is 3.11. The fraction of sp³-hybridized carbons (Fsp3) is 0.647. The maximum absolute atomic E-state index is 5.82. The Morgan fingerprint density at radius 3 is 2.50 bits per heavy atom. The van der Waals surface area contributed by atoms with Gasteiger partial charge in [0.15, 0.2) is 0 Å². The lowest BCUT2D eigenvalue weighted by Crippen LogP contribution is -2.45. The summed E-state index contributed by atoms with van der Waals surface area (Å²) >= 11 is 0. The van der Waals surface area contributed by atoms with Crippen LogP contribution in [-0.4, -0.2) is 31.3 Å². The number of anilines is 1. The molecule has 1 aliphatic carbocycles. The summed E-state index contributed by atoms with van der Waals surface area (Å²) in [6, 6.07) is 7.65. The molecule has 3 heteroatoms. The molecule has 0 aromatic heterocycles. The van der Waals surface area contributed by atoms with E-state index in [9.17, 15) is 0 Å². The van der Waals surface area contributed by atoms with Gasteiger partial charge in [0.1, 0.15) is 0 Å². The van der Waals surface area contributed by atoms with Crippen molar-refractivity contribution in [2.75, 3.05) is 18.0 Å². The first kappa shape index (κ1) is 13.9. The van der Waals surface area contributed by atoms with Gasteiger partial charge in [0.05, 0.1) is 12.2 Å². The maximum atomic E-state index is 5.82. The zero-order valence-corrected chi connectivity index (χ0v) is 12.9. The third-order valence-electron chi connectivity index (χ3n) is 4.19. The van der Waals surface area contributed by atoms with Crippen LogP contribution in [0.1, 0.15) is 37.8 Å². The Hall–Kier alpha value is -1.06. The van der Waals surface area contributed by atoms with Crippen LogP contribution in [-0.2, 0) is 11.3 Å². The fourth-order valence-electron chi connectivity index (χ4n) is 3.11. The SMILES string of the molecule is Cc1cc(CNC2CC2)ccc1N1CC(C)OC(C)C1. The summed E-state index contributed by atoms with van der Waals surface area (Å²) in [6.07, 6.45) is 3.32. The van der Waals surface area contributed by atoms with E-state index in [1.807, 2.05) is 0 Å². The Labute approximate surface area is 122 Å². The van der Waals surface area contributed by atoms with Crippen LogP contribution in [0.5, 0.6) is 0 Å².